The van der Waals surface area contributed by atoms with Crippen molar-refractivity contribution >= 4 is 34.9 Å². The van der Waals surface area contributed by atoms with Gasteiger partial charge in [0, 0.05) is 23.1 Å². The number of benzene rings is 1. The molecule has 2 heterocycles. The highest BCUT2D eigenvalue weighted by molar-refractivity contribution is 7.99. The average molecular weight is 451 g/mol. The number of alkyl halides is 2. The topological polar surface area (TPSA) is 86.1 Å². The molecule has 2 aromatic rings. The van der Waals surface area contributed by atoms with E-state index in [0.29, 0.717) is 6.42 Å². The lowest BCUT2D eigenvalue weighted by Crippen LogP contribution is -2.43. The molecule has 10 heteroatoms. The maximum absolute atomic E-state index is 13.5. The highest BCUT2D eigenvalue weighted by Crippen LogP contribution is 2.31. The van der Waals surface area contributed by atoms with Crippen molar-refractivity contribution in [1.29, 1.82) is 5.26 Å². The Balaban J connectivity index is 1.53. The number of nitrogens with zero attached hydrogens (tertiary/aromatic N) is 3. The third-order valence-electron chi connectivity index (χ3n) is 4.51. The van der Waals surface area contributed by atoms with Gasteiger partial charge in [-0.05, 0) is 23.4 Å². The van der Waals surface area contributed by atoms with E-state index >= 15 is 0 Å². The van der Waals surface area contributed by atoms with Crippen LogP contribution in [0.3, 0.4) is 0 Å². The predicted octanol–water partition coefficient (Wildman–Crippen LogP) is 3.34. The van der Waals surface area contributed by atoms with Crippen LogP contribution in [0.1, 0.15) is 34.4 Å². The standard InChI is InChI=1S/C20H20F2N4O2S2/c1-2-29-15-5-3-13(4-6-15)7-17-25-16(11-30-17)19(28)24-10-18(27)26-12-20(21,22)8-14(26)9-23/h3-6,11,14H,2,7-8,10,12H2,1H3,(H,24,28)/t14-/m0/s1. The number of nitrogens with one attached hydrogen (secondary N) is 1. The summed E-state index contributed by atoms with van der Waals surface area (Å²) in [5.74, 6) is -3.35. The Labute approximate surface area is 181 Å². The second-order valence-corrected chi connectivity index (χ2v) is 9.07. The number of carbonyl (C=O) groups is 2. The number of hydrogen-bond acceptors (Lipinski definition) is 6. The number of hydrogen-bond donors (Lipinski definition) is 1. The predicted molar refractivity (Wildman–Crippen MR) is 111 cm³/mol. The Morgan fingerprint density at radius 2 is 2.13 bits per heavy atom. The number of amides is 2. The van der Waals surface area contributed by atoms with Crippen LogP contribution >= 0.6 is 23.1 Å². The molecular formula is C20H20F2N4O2S2. The first-order chi connectivity index (χ1) is 14.3. The van der Waals surface area contributed by atoms with Gasteiger partial charge in [-0.25, -0.2) is 13.8 Å². The van der Waals surface area contributed by atoms with Gasteiger partial charge in [0.15, 0.2) is 0 Å². The molecule has 0 spiro atoms. The van der Waals surface area contributed by atoms with Gasteiger partial charge in [-0.1, -0.05) is 19.1 Å². The van der Waals surface area contributed by atoms with Crippen molar-refractivity contribution in [2.45, 2.75) is 36.6 Å². The third kappa shape index (κ3) is 5.55. The van der Waals surface area contributed by atoms with Gasteiger partial charge in [0.1, 0.15) is 11.7 Å². The van der Waals surface area contributed by atoms with Crippen LogP contribution in [-0.4, -0.2) is 52.5 Å². The second-order valence-electron chi connectivity index (χ2n) is 6.79. The molecule has 1 N–H and O–H groups in total. The average Bonchev–Trinajstić information content (AvgIpc) is 3.31. The Kier molecular flexibility index (Phi) is 7.05. The molecule has 6 nitrogen and oxygen atoms in total. The molecule has 0 bridgehead atoms. The molecule has 1 saturated heterocycles. The zero-order valence-corrected chi connectivity index (χ0v) is 17.9. The molecule has 2 amide bonds. The minimum absolute atomic E-state index is 0.171. The van der Waals surface area contributed by atoms with Crippen LogP contribution in [0, 0.1) is 11.3 Å². The van der Waals surface area contributed by atoms with Crippen molar-refractivity contribution in [2.24, 2.45) is 0 Å². The number of rotatable bonds is 7. The maximum Gasteiger partial charge on any atom is 0.271 e. The van der Waals surface area contributed by atoms with Crippen molar-refractivity contribution in [2.75, 3.05) is 18.8 Å². The van der Waals surface area contributed by atoms with Gasteiger partial charge in [-0.3, -0.25) is 9.59 Å². The lowest BCUT2D eigenvalue weighted by atomic mass is 10.2. The number of carbonyl (C=O) groups excluding carboxylic acids is 2. The van der Waals surface area contributed by atoms with Gasteiger partial charge >= 0.3 is 0 Å². The Bertz CT molecular complexity index is 956. The molecule has 1 aromatic heterocycles. The molecule has 0 aliphatic carbocycles. The summed E-state index contributed by atoms with van der Waals surface area (Å²) < 4.78 is 26.9. The van der Waals surface area contributed by atoms with E-state index < -0.39 is 43.3 Å². The number of thiazole rings is 1. The fraction of sp³-hybridized carbons (Fsp3) is 0.400. The number of likely N-dealkylation sites (tertiary alicyclic amines) is 1. The zero-order chi connectivity index (χ0) is 21.7. The van der Waals surface area contributed by atoms with Gasteiger partial charge < -0.3 is 10.2 Å². The quantitative estimate of drug-likeness (QED) is 0.654. The van der Waals surface area contributed by atoms with Crippen LogP contribution in [0.4, 0.5) is 8.78 Å². The molecule has 30 heavy (non-hydrogen) atoms. The zero-order valence-electron chi connectivity index (χ0n) is 16.2. The SMILES string of the molecule is CCSc1ccc(Cc2nc(C(=O)NCC(=O)N3CC(F)(F)C[C@H]3C#N)cs2)cc1. The van der Waals surface area contributed by atoms with E-state index in [1.807, 2.05) is 24.3 Å². The van der Waals surface area contributed by atoms with Crippen LogP contribution in [-0.2, 0) is 11.2 Å². The largest absolute Gasteiger partial charge is 0.342 e. The summed E-state index contributed by atoms with van der Waals surface area (Å²) in [5.41, 5.74) is 1.24. The molecule has 1 aliphatic rings. The second kappa shape index (κ2) is 9.53. The van der Waals surface area contributed by atoms with Crippen LogP contribution < -0.4 is 5.32 Å². The van der Waals surface area contributed by atoms with E-state index in [4.69, 9.17) is 5.26 Å². The van der Waals surface area contributed by atoms with E-state index in [0.717, 1.165) is 21.2 Å². The minimum Gasteiger partial charge on any atom is -0.342 e. The van der Waals surface area contributed by atoms with Crippen molar-refractivity contribution in [1.82, 2.24) is 15.2 Å². The lowest BCUT2D eigenvalue weighted by Gasteiger charge is -2.19. The number of nitriles is 1. The van der Waals surface area contributed by atoms with E-state index in [9.17, 15) is 18.4 Å². The maximum atomic E-state index is 13.5. The van der Waals surface area contributed by atoms with Crippen molar-refractivity contribution in [3.05, 3.63) is 45.9 Å². The molecule has 3 rings (SSSR count). The van der Waals surface area contributed by atoms with Crippen LogP contribution in [0.2, 0.25) is 0 Å². The summed E-state index contributed by atoms with van der Waals surface area (Å²) >= 11 is 3.10. The Morgan fingerprint density at radius 1 is 1.40 bits per heavy atom. The fourth-order valence-corrected chi connectivity index (χ4v) is 4.55. The van der Waals surface area contributed by atoms with E-state index in [1.165, 1.54) is 16.2 Å². The smallest absolute Gasteiger partial charge is 0.271 e. The number of aromatic nitrogens is 1. The molecule has 1 atom stereocenters. The summed E-state index contributed by atoms with van der Waals surface area (Å²) in [6.45, 7) is 0.823. The third-order valence-corrected chi connectivity index (χ3v) is 6.26. The Hall–Kier alpha value is -2.51. The highest BCUT2D eigenvalue weighted by Gasteiger charge is 2.47. The van der Waals surface area contributed by atoms with Crippen LogP contribution in [0.5, 0.6) is 0 Å². The van der Waals surface area contributed by atoms with E-state index in [1.54, 1.807) is 23.2 Å². The lowest BCUT2D eigenvalue weighted by molar-refractivity contribution is -0.131. The highest BCUT2D eigenvalue weighted by atomic mass is 32.2. The van der Waals surface area contributed by atoms with Gasteiger partial charge in [-0.2, -0.15) is 5.26 Å². The molecule has 1 aromatic carbocycles. The normalized spacial score (nSPS) is 17.5. The summed E-state index contributed by atoms with van der Waals surface area (Å²) in [6, 6.07) is 8.67. The first-order valence-electron chi connectivity index (χ1n) is 9.32. The van der Waals surface area contributed by atoms with Gasteiger partial charge in [-0.15, -0.1) is 23.1 Å². The molecular weight excluding hydrogens is 430 g/mol. The molecule has 1 aliphatic heterocycles. The first-order valence-corrected chi connectivity index (χ1v) is 11.2. The van der Waals surface area contributed by atoms with E-state index in [2.05, 4.69) is 17.2 Å². The van der Waals surface area contributed by atoms with E-state index in [-0.39, 0.29) is 5.69 Å². The van der Waals surface area contributed by atoms with Crippen molar-refractivity contribution < 1.29 is 18.4 Å². The molecule has 0 unspecified atom stereocenters. The number of thioether (sulfide) groups is 1. The van der Waals surface area contributed by atoms with Crippen LogP contribution in [0.15, 0.2) is 34.5 Å². The summed E-state index contributed by atoms with van der Waals surface area (Å²) in [6.07, 6.45) is -0.0998. The van der Waals surface area contributed by atoms with Crippen molar-refractivity contribution in [3.8, 4) is 6.07 Å². The van der Waals surface area contributed by atoms with Gasteiger partial charge in [0.25, 0.3) is 11.8 Å². The Morgan fingerprint density at radius 3 is 2.80 bits per heavy atom. The van der Waals surface area contributed by atoms with Crippen molar-refractivity contribution in [3.63, 3.8) is 0 Å². The van der Waals surface area contributed by atoms with Gasteiger partial charge in [0.2, 0.25) is 5.91 Å². The minimum atomic E-state index is -3.09. The molecule has 0 radical (unpaired) electrons. The summed E-state index contributed by atoms with van der Waals surface area (Å²) in [7, 11) is 0. The monoisotopic (exact) mass is 450 g/mol. The summed E-state index contributed by atoms with van der Waals surface area (Å²) in [4.78, 5) is 30.7. The molecule has 0 saturated carbocycles. The molecule has 1 fully saturated rings. The number of halogens is 2. The first kappa shape index (κ1) is 22.2. The van der Waals surface area contributed by atoms with Gasteiger partial charge in [0.05, 0.1) is 24.2 Å². The fourth-order valence-electron chi connectivity index (χ4n) is 3.08. The summed E-state index contributed by atoms with van der Waals surface area (Å²) in [5, 5.41) is 13.7. The van der Waals surface area contributed by atoms with Crippen LogP contribution in [0.25, 0.3) is 0 Å². The molecule has 158 valence electrons.